The number of rotatable bonds is 9. The van der Waals surface area contributed by atoms with E-state index in [4.69, 9.17) is 0 Å². The van der Waals surface area contributed by atoms with Crippen LogP contribution < -0.4 is 10.6 Å². The first kappa shape index (κ1) is 20.5. The number of aromatic nitrogens is 4. The summed E-state index contributed by atoms with van der Waals surface area (Å²) in [6.07, 6.45) is 4.34. The van der Waals surface area contributed by atoms with Gasteiger partial charge in [0.1, 0.15) is 18.0 Å². The molecule has 8 heteroatoms. The standard InChI is InChI=1S/C23H23FN6O/c24-19-8-6-18(7-9-19)14-21(31)25-12-13-30-23-20(15-29-30)22(27-16-28-23)26-11-10-17-4-2-1-3-5-17/h1-9,15-16H,10-14H2,(H,25,31)(H,26,27,28). The largest absolute Gasteiger partial charge is 0.369 e. The fourth-order valence-electron chi connectivity index (χ4n) is 3.32. The number of hydrogen-bond acceptors (Lipinski definition) is 5. The number of hydrogen-bond donors (Lipinski definition) is 2. The van der Waals surface area contributed by atoms with Crippen molar-refractivity contribution in [1.29, 1.82) is 0 Å². The number of halogens is 1. The smallest absolute Gasteiger partial charge is 0.224 e. The number of carbonyl (C=O) groups is 1. The van der Waals surface area contributed by atoms with Gasteiger partial charge in [0.25, 0.3) is 0 Å². The van der Waals surface area contributed by atoms with Crippen LogP contribution in [0.3, 0.4) is 0 Å². The van der Waals surface area contributed by atoms with E-state index in [1.165, 1.54) is 24.0 Å². The summed E-state index contributed by atoms with van der Waals surface area (Å²) in [5.41, 5.74) is 2.74. The summed E-state index contributed by atoms with van der Waals surface area (Å²) >= 11 is 0. The first-order chi connectivity index (χ1) is 15.2. The minimum Gasteiger partial charge on any atom is -0.369 e. The van der Waals surface area contributed by atoms with Crippen LogP contribution >= 0.6 is 0 Å². The molecule has 0 bridgehead atoms. The fourth-order valence-corrected chi connectivity index (χ4v) is 3.32. The summed E-state index contributed by atoms with van der Waals surface area (Å²) in [4.78, 5) is 20.8. The Labute approximate surface area is 179 Å². The van der Waals surface area contributed by atoms with E-state index in [0.717, 1.165) is 29.7 Å². The molecule has 158 valence electrons. The Morgan fingerprint density at radius 3 is 2.58 bits per heavy atom. The lowest BCUT2D eigenvalue weighted by atomic mass is 10.1. The number of benzene rings is 2. The van der Waals surface area contributed by atoms with Crippen molar-refractivity contribution in [2.24, 2.45) is 0 Å². The molecule has 0 fully saturated rings. The van der Waals surface area contributed by atoms with Gasteiger partial charge in [-0.15, -0.1) is 0 Å². The number of carbonyl (C=O) groups excluding carboxylic acids is 1. The molecule has 7 nitrogen and oxygen atoms in total. The Bertz CT molecular complexity index is 1140. The van der Waals surface area contributed by atoms with E-state index in [9.17, 15) is 9.18 Å². The van der Waals surface area contributed by atoms with Gasteiger partial charge in [0.05, 0.1) is 24.5 Å². The SMILES string of the molecule is O=C(Cc1ccc(F)cc1)NCCn1ncc2c(NCCc3ccccc3)ncnc21. The summed E-state index contributed by atoms with van der Waals surface area (Å²) in [5.74, 6) is 0.305. The van der Waals surface area contributed by atoms with Crippen molar-refractivity contribution >= 4 is 22.8 Å². The van der Waals surface area contributed by atoms with Crippen molar-refractivity contribution in [2.75, 3.05) is 18.4 Å². The van der Waals surface area contributed by atoms with Gasteiger partial charge in [-0.3, -0.25) is 4.79 Å². The van der Waals surface area contributed by atoms with Crippen LogP contribution in [-0.4, -0.2) is 38.7 Å². The molecule has 2 aromatic carbocycles. The molecule has 0 spiro atoms. The van der Waals surface area contributed by atoms with Crippen molar-refractivity contribution in [3.8, 4) is 0 Å². The van der Waals surface area contributed by atoms with E-state index < -0.39 is 0 Å². The van der Waals surface area contributed by atoms with Crippen molar-refractivity contribution in [3.05, 3.63) is 84.1 Å². The van der Waals surface area contributed by atoms with Crippen LogP contribution in [0.2, 0.25) is 0 Å². The molecule has 31 heavy (non-hydrogen) atoms. The van der Waals surface area contributed by atoms with E-state index in [2.05, 4.69) is 37.8 Å². The summed E-state index contributed by atoms with van der Waals surface area (Å²) in [7, 11) is 0. The maximum atomic E-state index is 13.0. The van der Waals surface area contributed by atoms with Crippen LogP contribution in [0.15, 0.2) is 67.1 Å². The summed E-state index contributed by atoms with van der Waals surface area (Å²) in [6, 6.07) is 16.2. The zero-order valence-electron chi connectivity index (χ0n) is 17.0. The van der Waals surface area contributed by atoms with Crippen molar-refractivity contribution < 1.29 is 9.18 Å². The van der Waals surface area contributed by atoms with E-state index in [0.29, 0.717) is 18.7 Å². The zero-order chi connectivity index (χ0) is 21.5. The average Bonchev–Trinajstić information content (AvgIpc) is 3.20. The molecule has 0 saturated heterocycles. The number of amides is 1. The first-order valence-electron chi connectivity index (χ1n) is 10.1. The quantitative estimate of drug-likeness (QED) is 0.437. The maximum Gasteiger partial charge on any atom is 0.224 e. The van der Waals surface area contributed by atoms with E-state index in [1.54, 1.807) is 23.0 Å². The van der Waals surface area contributed by atoms with Crippen LogP contribution in [0.25, 0.3) is 11.0 Å². The van der Waals surface area contributed by atoms with Gasteiger partial charge in [0, 0.05) is 13.1 Å². The van der Waals surface area contributed by atoms with Gasteiger partial charge in [-0.1, -0.05) is 42.5 Å². The lowest BCUT2D eigenvalue weighted by Gasteiger charge is -2.08. The second-order valence-corrected chi connectivity index (χ2v) is 7.14. The molecule has 0 atom stereocenters. The van der Waals surface area contributed by atoms with E-state index in [1.807, 2.05) is 18.2 Å². The topological polar surface area (TPSA) is 84.7 Å². The van der Waals surface area contributed by atoms with Crippen LogP contribution in [-0.2, 0) is 24.2 Å². The third-order valence-electron chi connectivity index (χ3n) is 4.91. The molecule has 2 heterocycles. The van der Waals surface area contributed by atoms with Gasteiger partial charge >= 0.3 is 0 Å². The third-order valence-corrected chi connectivity index (χ3v) is 4.91. The normalized spacial score (nSPS) is 10.9. The van der Waals surface area contributed by atoms with Crippen molar-refractivity contribution in [2.45, 2.75) is 19.4 Å². The van der Waals surface area contributed by atoms with Crippen molar-refractivity contribution in [3.63, 3.8) is 0 Å². The second-order valence-electron chi connectivity index (χ2n) is 7.14. The highest BCUT2D eigenvalue weighted by molar-refractivity contribution is 5.86. The van der Waals surface area contributed by atoms with Crippen molar-refractivity contribution in [1.82, 2.24) is 25.1 Å². The molecule has 2 aromatic heterocycles. The lowest BCUT2D eigenvalue weighted by Crippen LogP contribution is -2.28. The van der Waals surface area contributed by atoms with Gasteiger partial charge in [-0.05, 0) is 29.7 Å². The lowest BCUT2D eigenvalue weighted by molar-refractivity contribution is -0.120. The highest BCUT2D eigenvalue weighted by Gasteiger charge is 2.10. The first-order valence-corrected chi connectivity index (χ1v) is 10.1. The Morgan fingerprint density at radius 2 is 1.77 bits per heavy atom. The number of anilines is 1. The van der Waals surface area contributed by atoms with Gasteiger partial charge in [-0.25, -0.2) is 19.0 Å². The fraction of sp³-hybridized carbons (Fsp3) is 0.217. The number of nitrogens with one attached hydrogen (secondary N) is 2. The van der Waals surface area contributed by atoms with E-state index >= 15 is 0 Å². The molecule has 0 aliphatic heterocycles. The molecule has 4 rings (SSSR count). The third kappa shape index (κ3) is 5.42. The van der Waals surface area contributed by atoms with Crippen LogP contribution in [0, 0.1) is 5.82 Å². The van der Waals surface area contributed by atoms with E-state index in [-0.39, 0.29) is 18.1 Å². The number of nitrogens with zero attached hydrogens (tertiary/aromatic N) is 4. The average molecular weight is 418 g/mol. The highest BCUT2D eigenvalue weighted by Crippen LogP contribution is 2.18. The summed E-state index contributed by atoms with van der Waals surface area (Å²) in [5, 5.41) is 11.5. The molecule has 0 saturated carbocycles. The summed E-state index contributed by atoms with van der Waals surface area (Å²) < 4.78 is 14.7. The molecular formula is C23H23FN6O. The Kier molecular flexibility index (Phi) is 6.47. The Hall–Kier alpha value is -3.81. The van der Waals surface area contributed by atoms with Crippen LogP contribution in [0.5, 0.6) is 0 Å². The van der Waals surface area contributed by atoms with Crippen LogP contribution in [0.1, 0.15) is 11.1 Å². The molecule has 4 aromatic rings. The second kappa shape index (κ2) is 9.80. The molecule has 0 aliphatic carbocycles. The minimum absolute atomic E-state index is 0.124. The maximum absolute atomic E-state index is 13.0. The summed E-state index contributed by atoms with van der Waals surface area (Å²) in [6.45, 7) is 1.65. The molecule has 2 N–H and O–H groups in total. The molecule has 0 radical (unpaired) electrons. The van der Waals surface area contributed by atoms with Gasteiger partial charge < -0.3 is 10.6 Å². The predicted molar refractivity (Wildman–Crippen MR) is 117 cm³/mol. The Balaban J connectivity index is 1.31. The zero-order valence-corrected chi connectivity index (χ0v) is 17.0. The number of fused-ring (bicyclic) bond motifs is 1. The minimum atomic E-state index is -0.314. The monoisotopic (exact) mass is 418 g/mol. The molecule has 0 aliphatic rings. The molecular weight excluding hydrogens is 395 g/mol. The Morgan fingerprint density at radius 1 is 0.968 bits per heavy atom. The van der Waals surface area contributed by atoms with Gasteiger partial charge in [0.15, 0.2) is 5.65 Å². The molecule has 1 amide bonds. The molecule has 0 unspecified atom stereocenters. The van der Waals surface area contributed by atoms with Gasteiger partial charge in [0.2, 0.25) is 5.91 Å². The van der Waals surface area contributed by atoms with Crippen LogP contribution in [0.4, 0.5) is 10.2 Å². The predicted octanol–water partition coefficient (Wildman–Crippen LogP) is 2.98. The van der Waals surface area contributed by atoms with Gasteiger partial charge in [-0.2, -0.15) is 5.10 Å². The highest BCUT2D eigenvalue weighted by atomic mass is 19.1.